The second kappa shape index (κ2) is 6.75. The van der Waals surface area contributed by atoms with E-state index in [4.69, 9.17) is 9.84 Å². The lowest BCUT2D eigenvalue weighted by molar-refractivity contribution is -0.147. The minimum Gasteiger partial charge on any atom is -0.480 e. The van der Waals surface area contributed by atoms with E-state index in [1.165, 1.54) is 11.3 Å². The molecule has 6 heteroatoms. The van der Waals surface area contributed by atoms with Gasteiger partial charge in [-0.15, -0.1) is 0 Å². The molecule has 1 unspecified atom stereocenters. The number of likely N-dealkylation sites (tertiary alicyclic amines) is 1. The van der Waals surface area contributed by atoms with E-state index in [0.717, 1.165) is 38.8 Å². The van der Waals surface area contributed by atoms with Gasteiger partial charge in [0.25, 0.3) is 0 Å². The predicted octanol–water partition coefficient (Wildman–Crippen LogP) is 1.16. The van der Waals surface area contributed by atoms with E-state index in [2.05, 4.69) is 0 Å². The van der Waals surface area contributed by atoms with Crippen LogP contribution in [0.15, 0.2) is 0 Å². The highest BCUT2D eigenvalue weighted by atomic mass is 16.5. The van der Waals surface area contributed by atoms with Crippen LogP contribution in [0.5, 0.6) is 0 Å². The highest BCUT2D eigenvalue weighted by Crippen LogP contribution is 2.15. The molecular weight excluding hydrogens is 248 g/mol. The number of amides is 2. The molecule has 0 saturated carbocycles. The Kier molecular flexibility index (Phi) is 5.01. The van der Waals surface area contributed by atoms with Gasteiger partial charge in [-0.3, -0.25) is 0 Å². The van der Waals surface area contributed by atoms with Crippen molar-refractivity contribution in [2.24, 2.45) is 0 Å². The number of hydrogen-bond acceptors (Lipinski definition) is 3. The van der Waals surface area contributed by atoms with Crippen LogP contribution in [-0.2, 0) is 9.53 Å². The maximum absolute atomic E-state index is 12.5. The van der Waals surface area contributed by atoms with E-state index < -0.39 is 12.0 Å². The summed E-state index contributed by atoms with van der Waals surface area (Å²) in [5, 5.41) is 9.16. The summed E-state index contributed by atoms with van der Waals surface area (Å²) in [6.45, 7) is 2.36. The number of carboxylic acid groups (broad SMARTS) is 1. The topological polar surface area (TPSA) is 70.1 Å². The summed E-state index contributed by atoms with van der Waals surface area (Å²) < 4.78 is 5.16. The highest BCUT2D eigenvalue weighted by molar-refractivity contribution is 5.83. The Balaban J connectivity index is 2.00. The van der Waals surface area contributed by atoms with Gasteiger partial charge in [0.15, 0.2) is 6.04 Å². The zero-order valence-electron chi connectivity index (χ0n) is 11.2. The molecule has 2 heterocycles. The van der Waals surface area contributed by atoms with Crippen molar-refractivity contribution in [1.29, 1.82) is 0 Å². The number of aliphatic carboxylic acids is 1. The van der Waals surface area contributed by atoms with E-state index in [1.807, 2.05) is 0 Å². The van der Waals surface area contributed by atoms with Crippen molar-refractivity contribution >= 4 is 12.0 Å². The molecule has 2 saturated heterocycles. The number of morpholine rings is 1. The van der Waals surface area contributed by atoms with Gasteiger partial charge in [-0.25, -0.2) is 9.59 Å². The highest BCUT2D eigenvalue weighted by Gasteiger charge is 2.34. The van der Waals surface area contributed by atoms with Crippen molar-refractivity contribution in [3.8, 4) is 0 Å². The first-order valence-electron chi connectivity index (χ1n) is 7.06. The summed E-state index contributed by atoms with van der Waals surface area (Å²) in [4.78, 5) is 26.9. The summed E-state index contributed by atoms with van der Waals surface area (Å²) in [6, 6.07) is -0.982. The third-order valence-electron chi connectivity index (χ3n) is 3.79. The van der Waals surface area contributed by atoms with Crippen LogP contribution in [0.4, 0.5) is 4.79 Å². The number of carbonyl (C=O) groups excluding carboxylic acids is 1. The van der Waals surface area contributed by atoms with Crippen LogP contribution < -0.4 is 0 Å². The molecule has 0 aromatic carbocycles. The third-order valence-corrected chi connectivity index (χ3v) is 3.79. The molecular formula is C13H22N2O4. The van der Waals surface area contributed by atoms with Crippen molar-refractivity contribution in [1.82, 2.24) is 9.80 Å². The van der Waals surface area contributed by atoms with Crippen molar-refractivity contribution in [3.05, 3.63) is 0 Å². The monoisotopic (exact) mass is 270 g/mol. The molecule has 2 amide bonds. The number of nitrogens with zero attached hydrogens (tertiary/aromatic N) is 2. The standard InChI is InChI=1S/C13H22N2O4/c16-12(17)11-10-19-9-8-15(11)13(18)14-6-4-2-1-3-5-7-14/h11H,1-10H2,(H,16,17). The molecule has 1 N–H and O–H groups in total. The molecule has 2 rings (SSSR count). The first kappa shape index (κ1) is 14.1. The Morgan fingerprint density at radius 2 is 1.63 bits per heavy atom. The maximum atomic E-state index is 12.5. The minimum atomic E-state index is -0.986. The quantitative estimate of drug-likeness (QED) is 0.776. The molecule has 6 nitrogen and oxygen atoms in total. The average Bonchev–Trinajstić information content (AvgIpc) is 2.37. The van der Waals surface area contributed by atoms with Gasteiger partial charge in [0.1, 0.15) is 0 Å². The van der Waals surface area contributed by atoms with Gasteiger partial charge < -0.3 is 19.6 Å². The van der Waals surface area contributed by atoms with Crippen molar-refractivity contribution < 1.29 is 19.4 Å². The fourth-order valence-corrected chi connectivity index (χ4v) is 2.66. The van der Waals surface area contributed by atoms with Crippen LogP contribution >= 0.6 is 0 Å². The predicted molar refractivity (Wildman–Crippen MR) is 69.0 cm³/mol. The van der Waals surface area contributed by atoms with Gasteiger partial charge >= 0.3 is 12.0 Å². The number of ether oxygens (including phenoxy) is 1. The lowest BCUT2D eigenvalue weighted by Gasteiger charge is -2.37. The second-order valence-electron chi connectivity index (χ2n) is 5.16. The van der Waals surface area contributed by atoms with Crippen molar-refractivity contribution in [2.45, 2.75) is 38.1 Å². The van der Waals surface area contributed by atoms with E-state index >= 15 is 0 Å². The van der Waals surface area contributed by atoms with Gasteiger partial charge in [0, 0.05) is 19.6 Å². The van der Waals surface area contributed by atoms with Gasteiger partial charge in [-0.1, -0.05) is 19.3 Å². The number of carboxylic acids is 1. The normalized spacial score (nSPS) is 25.6. The van der Waals surface area contributed by atoms with Crippen LogP contribution in [0, 0.1) is 0 Å². The fourth-order valence-electron chi connectivity index (χ4n) is 2.66. The molecule has 0 bridgehead atoms. The fraction of sp³-hybridized carbons (Fsp3) is 0.846. The summed E-state index contributed by atoms with van der Waals surface area (Å²) in [7, 11) is 0. The smallest absolute Gasteiger partial charge is 0.328 e. The van der Waals surface area contributed by atoms with Crippen molar-refractivity contribution in [2.75, 3.05) is 32.8 Å². The summed E-state index contributed by atoms with van der Waals surface area (Å²) in [6.07, 6.45) is 5.55. The van der Waals surface area contributed by atoms with Crippen LogP contribution in [0.2, 0.25) is 0 Å². The number of rotatable bonds is 1. The molecule has 0 spiro atoms. The largest absolute Gasteiger partial charge is 0.480 e. The molecule has 2 fully saturated rings. The Labute approximate surface area is 113 Å². The van der Waals surface area contributed by atoms with E-state index in [1.54, 1.807) is 4.90 Å². The summed E-state index contributed by atoms with van der Waals surface area (Å²) in [5.74, 6) is -0.986. The van der Waals surface area contributed by atoms with Gasteiger partial charge in [0.05, 0.1) is 13.2 Å². The van der Waals surface area contributed by atoms with Gasteiger partial charge in [-0.2, -0.15) is 0 Å². The molecule has 0 radical (unpaired) electrons. The maximum Gasteiger partial charge on any atom is 0.328 e. The molecule has 0 aromatic heterocycles. The van der Waals surface area contributed by atoms with Gasteiger partial charge in [-0.05, 0) is 12.8 Å². The summed E-state index contributed by atoms with van der Waals surface area (Å²) in [5.41, 5.74) is 0. The molecule has 1 atom stereocenters. The zero-order chi connectivity index (χ0) is 13.7. The average molecular weight is 270 g/mol. The van der Waals surface area contributed by atoms with Gasteiger partial charge in [0.2, 0.25) is 0 Å². The third kappa shape index (κ3) is 3.59. The zero-order valence-corrected chi connectivity index (χ0v) is 11.2. The Morgan fingerprint density at radius 3 is 2.26 bits per heavy atom. The first-order valence-corrected chi connectivity index (χ1v) is 7.06. The van der Waals surface area contributed by atoms with Crippen LogP contribution in [0.1, 0.15) is 32.1 Å². The molecule has 2 aliphatic heterocycles. The van der Waals surface area contributed by atoms with Crippen LogP contribution in [0.25, 0.3) is 0 Å². The Morgan fingerprint density at radius 1 is 1.00 bits per heavy atom. The van der Waals surface area contributed by atoms with E-state index in [0.29, 0.717) is 13.2 Å². The lowest BCUT2D eigenvalue weighted by Crippen LogP contribution is -2.56. The lowest BCUT2D eigenvalue weighted by atomic mass is 10.1. The Bertz CT molecular complexity index is 327. The molecule has 2 aliphatic rings. The first-order chi connectivity index (χ1) is 9.20. The molecule has 0 aromatic rings. The molecule has 19 heavy (non-hydrogen) atoms. The summed E-state index contributed by atoms with van der Waals surface area (Å²) >= 11 is 0. The molecule has 108 valence electrons. The number of urea groups is 1. The van der Waals surface area contributed by atoms with Crippen LogP contribution in [0.3, 0.4) is 0 Å². The number of carbonyl (C=O) groups is 2. The van der Waals surface area contributed by atoms with Crippen molar-refractivity contribution in [3.63, 3.8) is 0 Å². The van der Waals surface area contributed by atoms with E-state index in [-0.39, 0.29) is 12.6 Å². The van der Waals surface area contributed by atoms with Crippen LogP contribution in [-0.4, -0.2) is 65.8 Å². The van der Waals surface area contributed by atoms with E-state index in [9.17, 15) is 9.59 Å². The Hall–Kier alpha value is -1.30. The SMILES string of the molecule is O=C(O)C1COCCN1C(=O)N1CCCCCCC1. The molecule has 0 aliphatic carbocycles. The second-order valence-corrected chi connectivity index (χ2v) is 5.16. The minimum absolute atomic E-state index is 0.0922. The number of hydrogen-bond donors (Lipinski definition) is 1.